The molecule has 0 saturated carbocycles. The van der Waals surface area contributed by atoms with Crippen LogP contribution in [0, 0.1) is 0 Å². The van der Waals surface area contributed by atoms with Crippen molar-refractivity contribution in [1.29, 1.82) is 0 Å². The third-order valence-electron chi connectivity index (χ3n) is 4.31. The van der Waals surface area contributed by atoms with Crippen LogP contribution >= 0.6 is 0 Å². The van der Waals surface area contributed by atoms with Crippen LogP contribution in [0.5, 0.6) is 0 Å². The van der Waals surface area contributed by atoms with Crippen molar-refractivity contribution in [2.75, 3.05) is 32.1 Å². The summed E-state index contributed by atoms with van der Waals surface area (Å²) in [7, 11) is 4.16. The molecule has 0 aliphatic carbocycles. The van der Waals surface area contributed by atoms with Crippen LogP contribution in [0.15, 0.2) is 24.3 Å². The molecule has 0 radical (unpaired) electrons. The molecule has 0 unspecified atom stereocenters. The van der Waals surface area contributed by atoms with Crippen LogP contribution in [0.4, 0.5) is 5.69 Å². The quantitative estimate of drug-likeness (QED) is 0.891. The number of likely N-dealkylation sites (tertiary alicyclic amines) is 1. The number of nitrogens with one attached hydrogen (secondary N) is 1. The van der Waals surface area contributed by atoms with Gasteiger partial charge >= 0.3 is 0 Å². The molecule has 0 spiro atoms. The van der Waals surface area contributed by atoms with Crippen molar-refractivity contribution in [2.24, 2.45) is 0 Å². The summed E-state index contributed by atoms with van der Waals surface area (Å²) in [5, 5.41) is 3.71. The zero-order valence-corrected chi connectivity index (χ0v) is 13.4. The van der Waals surface area contributed by atoms with Gasteiger partial charge in [-0.25, -0.2) is 0 Å². The van der Waals surface area contributed by atoms with E-state index in [9.17, 15) is 0 Å². The van der Waals surface area contributed by atoms with Gasteiger partial charge in [-0.2, -0.15) is 0 Å². The van der Waals surface area contributed by atoms with E-state index in [0.717, 1.165) is 6.54 Å². The summed E-state index contributed by atoms with van der Waals surface area (Å²) in [6.45, 7) is 8.03. The van der Waals surface area contributed by atoms with Crippen molar-refractivity contribution >= 4 is 5.69 Å². The average Bonchev–Trinajstić information content (AvgIpc) is 2.46. The lowest BCUT2D eigenvalue weighted by Gasteiger charge is -2.35. The van der Waals surface area contributed by atoms with Gasteiger partial charge in [-0.3, -0.25) is 0 Å². The van der Waals surface area contributed by atoms with Crippen LogP contribution in [0.25, 0.3) is 0 Å². The third-order valence-corrected chi connectivity index (χ3v) is 4.31. The fraction of sp³-hybridized carbons (Fsp3) is 0.647. The summed E-state index contributed by atoms with van der Waals surface area (Å²) in [5.74, 6) is 0. The highest BCUT2D eigenvalue weighted by molar-refractivity contribution is 5.45. The Hall–Kier alpha value is -1.06. The molecule has 1 aliphatic heterocycles. The fourth-order valence-electron chi connectivity index (χ4n) is 2.79. The molecular weight excluding hydrogens is 246 g/mol. The van der Waals surface area contributed by atoms with Crippen LogP contribution in [-0.4, -0.2) is 44.2 Å². The van der Waals surface area contributed by atoms with Crippen molar-refractivity contribution in [3.63, 3.8) is 0 Å². The molecule has 0 aromatic heterocycles. The number of benzene rings is 1. The molecule has 0 atom stereocenters. The Bertz CT molecular complexity index is 389. The molecule has 1 fully saturated rings. The number of piperidine rings is 1. The Morgan fingerprint density at radius 1 is 1.15 bits per heavy atom. The summed E-state index contributed by atoms with van der Waals surface area (Å²) in [4.78, 5) is 4.71. The standard InChI is InChI=1S/C17H29N3/c1-14(2)20-11-9-16(10-12-20)18-13-15-5-7-17(8-6-15)19(3)4/h5-8,14,16,18H,9-13H2,1-4H3. The summed E-state index contributed by atoms with van der Waals surface area (Å²) in [5.41, 5.74) is 2.64. The van der Waals surface area contributed by atoms with E-state index < -0.39 is 0 Å². The van der Waals surface area contributed by atoms with Crippen molar-refractivity contribution in [3.05, 3.63) is 29.8 Å². The molecule has 1 aromatic rings. The van der Waals surface area contributed by atoms with Gasteiger partial charge in [0.1, 0.15) is 0 Å². The van der Waals surface area contributed by atoms with Gasteiger partial charge < -0.3 is 15.1 Å². The molecule has 1 heterocycles. The van der Waals surface area contributed by atoms with Gasteiger partial charge in [-0.05, 0) is 57.5 Å². The fourth-order valence-corrected chi connectivity index (χ4v) is 2.79. The molecular formula is C17H29N3. The first kappa shape index (κ1) is 15.3. The van der Waals surface area contributed by atoms with Gasteiger partial charge in [0.25, 0.3) is 0 Å². The normalized spacial score (nSPS) is 17.6. The zero-order chi connectivity index (χ0) is 14.5. The predicted octanol–water partition coefficient (Wildman–Crippen LogP) is 2.72. The molecule has 0 bridgehead atoms. The zero-order valence-electron chi connectivity index (χ0n) is 13.4. The topological polar surface area (TPSA) is 18.5 Å². The Balaban J connectivity index is 1.76. The molecule has 3 heteroatoms. The van der Waals surface area contributed by atoms with Crippen LogP contribution in [0.1, 0.15) is 32.3 Å². The van der Waals surface area contributed by atoms with E-state index in [2.05, 4.69) is 67.3 Å². The number of anilines is 1. The average molecular weight is 275 g/mol. The maximum absolute atomic E-state index is 3.71. The third kappa shape index (κ3) is 4.22. The number of rotatable bonds is 5. The Morgan fingerprint density at radius 3 is 2.25 bits per heavy atom. The minimum atomic E-state index is 0.679. The largest absolute Gasteiger partial charge is 0.378 e. The summed E-state index contributed by atoms with van der Waals surface area (Å²) < 4.78 is 0. The lowest BCUT2D eigenvalue weighted by Crippen LogP contribution is -2.44. The van der Waals surface area contributed by atoms with Crippen molar-refractivity contribution in [1.82, 2.24) is 10.2 Å². The Labute approximate surface area is 124 Å². The highest BCUT2D eigenvalue weighted by Gasteiger charge is 2.20. The number of hydrogen-bond donors (Lipinski definition) is 1. The van der Waals surface area contributed by atoms with Gasteiger partial charge in [0.15, 0.2) is 0 Å². The van der Waals surface area contributed by atoms with E-state index in [1.807, 2.05) is 0 Å². The first-order chi connectivity index (χ1) is 9.56. The Morgan fingerprint density at radius 2 is 1.75 bits per heavy atom. The molecule has 2 rings (SSSR count). The summed E-state index contributed by atoms with van der Waals surface area (Å²) in [6, 6.07) is 10.2. The molecule has 1 aliphatic rings. The van der Waals surface area contributed by atoms with Crippen molar-refractivity contribution in [2.45, 2.75) is 45.3 Å². The van der Waals surface area contributed by atoms with Gasteiger partial charge in [0, 0.05) is 38.4 Å². The second-order valence-corrected chi connectivity index (χ2v) is 6.35. The van der Waals surface area contributed by atoms with E-state index >= 15 is 0 Å². The molecule has 0 amide bonds. The van der Waals surface area contributed by atoms with Crippen LogP contribution in [-0.2, 0) is 6.54 Å². The minimum Gasteiger partial charge on any atom is -0.378 e. The van der Waals surface area contributed by atoms with E-state index in [1.54, 1.807) is 0 Å². The second-order valence-electron chi connectivity index (χ2n) is 6.35. The highest BCUT2D eigenvalue weighted by Crippen LogP contribution is 2.15. The first-order valence-corrected chi connectivity index (χ1v) is 7.80. The molecule has 3 nitrogen and oxygen atoms in total. The van der Waals surface area contributed by atoms with Crippen LogP contribution in [0.2, 0.25) is 0 Å². The predicted molar refractivity (Wildman–Crippen MR) is 87.3 cm³/mol. The summed E-state index contributed by atoms with van der Waals surface area (Å²) in [6.07, 6.45) is 2.54. The van der Waals surface area contributed by atoms with E-state index in [4.69, 9.17) is 0 Å². The second kappa shape index (κ2) is 7.09. The van der Waals surface area contributed by atoms with Gasteiger partial charge in [0.05, 0.1) is 0 Å². The number of hydrogen-bond acceptors (Lipinski definition) is 3. The van der Waals surface area contributed by atoms with Crippen LogP contribution in [0.3, 0.4) is 0 Å². The van der Waals surface area contributed by atoms with Crippen molar-refractivity contribution < 1.29 is 0 Å². The summed E-state index contributed by atoms with van der Waals surface area (Å²) >= 11 is 0. The smallest absolute Gasteiger partial charge is 0.0361 e. The first-order valence-electron chi connectivity index (χ1n) is 7.80. The van der Waals surface area contributed by atoms with Gasteiger partial charge in [0.2, 0.25) is 0 Å². The van der Waals surface area contributed by atoms with Crippen molar-refractivity contribution in [3.8, 4) is 0 Å². The minimum absolute atomic E-state index is 0.679. The SMILES string of the molecule is CC(C)N1CCC(NCc2ccc(N(C)C)cc2)CC1. The molecule has 1 saturated heterocycles. The maximum atomic E-state index is 3.71. The van der Waals surface area contributed by atoms with E-state index in [-0.39, 0.29) is 0 Å². The molecule has 1 aromatic carbocycles. The lowest BCUT2D eigenvalue weighted by molar-refractivity contribution is 0.161. The van der Waals surface area contributed by atoms with Gasteiger partial charge in [-0.15, -0.1) is 0 Å². The molecule has 20 heavy (non-hydrogen) atoms. The lowest BCUT2D eigenvalue weighted by atomic mass is 10.0. The van der Waals surface area contributed by atoms with Gasteiger partial charge in [-0.1, -0.05) is 12.1 Å². The molecule has 112 valence electrons. The van der Waals surface area contributed by atoms with E-state index in [0.29, 0.717) is 12.1 Å². The Kier molecular flexibility index (Phi) is 5.44. The highest BCUT2D eigenvalue weighted by atomic mass is 15.2. The maximum Gasteiger partial charge on any atom is 0.0361 e. The molecule has 1 N–H and O–H groups in total. The van der Waals surface area contributed by atoms with E-state index in [1.165, 1.54) is 37.2 Å². The number of nitrogens with zero attached hydrogens (tertiary/aromatic N) is 2. The van der Waals surface area contributed by atoms with Crippen LogP contribution < -0.4 is 10.2 Å². The monoisotopic (exact) mass is 275 g/mol.